The highest BCUT2D eigenvalue weighted by Gasteiger charge is 2.32. The van der Waals surface area contributed by atoms with Crippen molar-refractivity contribution in [3.8, 4) is 0 Å². The summed E-state index contributed by atoms with van der Waals surface area (Å²) in [5, 5.41) is 9.54. The number of para-hydroxylation sites is 1. The van der Waals surface area contributed by atoms with Crippen LogP contribution in [0.15, 0.2) is 24.3 Å². The van der Waals surface area contributed by atoms with E-state index in [0.29, 0.717) is 11.3 Å². The summed E-state index contributed by atoms with van der Waals surface area (Å²) in [6.45, 7) is 0. The summed E-state index contributed by atoms with van der Waals surface area (Å²) in [6.07, 6.45) is -7.10. The Morgan fingerprint density at radius 1 is 1.25 bits per heavy atom. The molecule has 0 radical (unpaired) electrons. The quantitative estimate of drug-likeness (QED) is 0.867. The smallest absolute Gasteiger partial charge is 0.388 e. The molecule has 0 aromatic heterocycles. The molecule has 1 aromatic carbocycles. The second kappa shape index (κ2) is 4.74. The second-order valence-corrected chi connectivity index (χ2v) is 3.79. The van der Waals surface area contributed by atoms with Gasteiger partial charge in [0, 0.05) is 25.3 Å². The van der Waals surface area contributed by atoms with Crippen LogP contribution in [0.2, 0.25) is 0 Å². The number of hydrogen-bond acceptors (Lipinski definition) is 2. The zero-order valence-electron chi connectivity index (χ0n) is 9.12. The topological polar surface area (TPSA) is 23.5 Å². The van der Waals surface area contributed by atoms with Gasteiger partial charge in [-0.05, 0) is 6.07 Å². The Balaban J connectivity index is 2.95. The Morgan fingerprint density at radius 3 is 2.31 bits per heavy atom. The van der Waals surface area contributed by atoms with Crippen LogP contribution in [0.1, 0.15) is 18.1 Å². The minimum atomic E-state index is -4.36. The number of aliphatic hydroxyl groups is 1. The van der Waals surface area contributed by atoms with E-state index in [4.69, 9.17) is 0 Å². The van der Waals surface area contributed by atoms with Gasteiger partial charge in [-0.15, -0.1) is 0 Å². The maximum absolute atomic E-state index is 12.2. The number of hydrogen-bond donors (Lipinski definition) is 1. The van der Waals surface area contributed by atoms with E-state index in [-0.39, 0.29) is 0 Å². The van der Waals surface area contributed by atoms with Gasteiger partial charge < -0.3 is 10.0 Å². The molecule has 0 fully saturated rings. The van der Waals surface area contributed by atoms with Gasteiger partial charge in [0.1, 0.15) is 0 Å². The van der Waals surface area contributed by atoms with Gasteiger partial charge in [-0.3, -0.25) is 0 Å². The number of halogens is 3. The first-order valence-corrected chi connectivity index (χ1v) is 4.82. The van der Waals surface area contributed by atoms with E-state index in [2.05, 4.69) is 0 Å². The van der Waals surface area contributed by atoms with Crippen LogP contribution in [0.4, 0.5) is 18.9 Å². The fourth-order valence-corrected chi connectivity index (χ4v) is 1.51. The molecule has 1 rings (SSSR count). The maximum Gasteiger partial charge on any atom is 0.391 e. The molecule has 0 saturated heterocycles. The Labute approximate surface area is 92.3 Å². The summed E-state index contributed by atoms with van der Waals surface area (Å²) in [4.78, 5) is 1.68. The minimum Gasteiger partial charge on any atom is -0.388 e. The molecular weight excluding hydrogens is 219 g/mol. The van der Waals surface area contributed by atoms with Gasteiger partial charge >= 0.3 is 6.18 Å². The van der Waals surface area contributed by atoms with Crippen molar-refractivity contribution in [3.05, 3.63) is 29.8 Å². The predicted molar refractivity (Wildman–Crippen MR) is 56.4 cm³/mol. The first kappa shape index (κ1) is 12.8. The van der Waals surface area contributed by atoms with E-state index in [9.17, 15) is 18.3 Å². The molecule has 1 N–H and O–H groups in total. The predicted octanol–water partition coefficient (Wildman–Crippen LogP) is 2.74. The number of aliphatic hydroxyl groups excluding tert-OH is 1. The fraction of sp³-hybridized carbons (Fsp3) is 0.455. The third-order valence-corrected chi connectivity index (χ3v) is 2.20. The number of rotatable bonds is 3. The monoisotopic (exact) mass is 233 g/mol. The second-order valence-electron chi connectivity index (χ2n) is 3.79. The van der Waals surface area contributed by atoms with Crippen molar-refractivity contribution in [2.75, 3.05) is 19.0 Å². The molecular formula is C11H14F3NO. The van der Waals surface area contributed by atoms with E-state index in [1.807, 2.05) is 0 Å². The molecule has 0 aliphatic rings. The fourth-order valence-electron chi connectivity index (χ4n) is 1.51. The van der Waals surface area contributed by atoms with Crippen LogP contribution >= 0.6 is 0 Å². The number of alkyl halides is 3. The third-order valence-electron chi connectivity index (χ3n) is 2.20. The van der Waals surface area contributed by atoms with Crippen LogP contribution in [0.5, 0.6) is 0 Å². The lowest BCUT2D eigenvalue weighted by Gasteiger charge is -2.21. The average molecular weight is 233 g/mol. The van der Waals surface area contributed by atoms with Gasteiger partial charge in [-0.25, -0.2) is 0 Å². The summed E-state index contributed by atoms with van der Waals surface area (Å²) >= 11 is 0. The first-order chi connectivity index (χ1) is 7.31. The van der Waals surface area contributed by atoms with E-state index >= 15 is 0 Å². The van der Waals surface area contributed by atoms with E-state index in [1.54, 1.807) is 37.2 Å². The lowest BCUT2D eigenvalue weighted by Crippen LogP contribution is -2.17. The van der Waals surface area contributed by atoms with Crippen molar-refractivity contribution >= 4 is 5.69 Å². The molecule has 0 saturated carbocycles. The Bertz CT molecular complexity index is 349. The van der Waals surface area contributed by atoms with Crippen molar-refractivity contribution in [3.63, 3.8) is 0 Å². The maximum atomic E-state index is 12.2. The van der Waals surface area contributed by atoms with Crippen LogP contribution in [0.25, 0.3) is 0 Å². The van der Waals surface area contributed by atoms with Crippen molar-refractivity contribution in [2.45, 2.75) is 18.7 Å². The average Bonchev–Trinajstić information content (AvgIpc) is 2.15. The SMILES string of the molecule is CN(C)c1ccccc1C(O)CC(F)(F)F. The Kier molecular flexibility index (Phi) is 3.80. The molecule has 0 bridgehead atoms. The van der Waals surface area contributed by atoms with Gasteiger partial charge in [-0.2, -0.15) is 13.2 Å². The number of anilines is 1. The molecule has 0 aliphatic heterocycles. The molecule has 5 heteroatoms. The first-order valence-electron chi connectivity index (χ1n) is 4.82. The highest BCUT2D eigenvalue weighted by atomic mass is 19.4. The highest BCUT2D eigenvalue weighted by Crippen LogP contribution is 2.33. The molecule has 16 heavy (non-hydrogen) atoms. The number of benzene rings is 1. The van der Waals surface area contributed by atoms with Crippen molar-refractivity contribution in [1.82, 2.24) is 0 Å². The molecule has 2 nitrogen and oxygen atoms in total. The molecule has 90 valence electrons. The standard InChI is InChI=1S/C11H14F3NO/c1-15(2)9-6-4-3-5-8(9)10(16)7-11(12,13)14/h3-6,10,16H,7H2,1-2H3. The molecule has 1 aromatic rings. The van der Waals surface area contributed by atoms with Crippen molar-refractivity contribution in [1.29, 1.82) is 0 Å². The normalized spacial score (nSPS) is 13.6. The van der Waals surface area contributed by atoms with Gasteiger partial charge in [-0.1, -0.05) is 18.2 Å². The van der Waals surface area contributed by atoms with Gasteiger partial charge in [0.15, 0.2) is 0 Å². The van der Waals surface area contributed by atoms with Gasteiger partial charge in [0.05, 0.1) is 12.5 Å². The lowest BCUT2D eigenvalue weighted by atomic mass is 10.0. The number of nitrogens with zero attached hydrogens (tertiary/aromatic N) is 1. The van der Waals surface area contributed by atoms with E-state index in [1.165, 1.54) is 6.07 Å². The molecule has 0 heterocycles. The van der Waals surface area contributed by atoms with Crippen LogP contribution in [-0.2, 0) is 0 Å². The van der Waals surface area contributed by atoms with Crippen molar-refractivity contribution in [2.24, 2.45) is 0 Å². The Morgan fingerprint density at radius 2 is 1.81 bits per heavy atom. The molecule has 0 spiro atoms. The zero-order chi connectivity index (χ0) is 12.3. The van der Waals surface area contributed by atoms with E-state index in [0.717, 1.165) is 0 Å². The Hall–Kier alpha value is -1.23. The summed E-state index contributed by atoms with van der Waals surface area (Å²) in [6, 6.07) is 6.52. The molecule has 1 unspecified atom stereocenters. The molecule has 0 aliphatic carbocycles. The largest absolute Gasteiger partial charge is 0.391 e. The van der Waals surface area contributed by atoms with Gasteiger partial charge in [0.2, 0.25) is 0 Å². The summed E-state index contributed by atoms with van der Waals surface area (Å²) in [5.74, 6) is 0. The highest BCUT2D eigenvalue weighted by molar-refractivity contribution is 5.53. The van der Waals surface area contributed by atoms with Crippen LogP contribution < -0.4 is 4.90 Å². The zero-order valence-corrected chi connectivity index (χ0v) is 9.12. The van der Waals surface area contributed by atoms with Gasteiger partial charge in [0.25, 0.3) is 0 Å². The van der Waals surface area contributed by atoms with E-state index < -0.39 is 18.7 Å². The lowest BCUT2D eigenvalue weighted by molar-refractivity contribution is -0.154. The third kappa shape index (κ3) is 3.41. The minimum absolute atomic E-state index is 0.296. The molecule has 0 amide bonds. The summed E-state index contributed by atoms with van der Waals surface area (Å²) in [5.41, 5.74) is 0.893. The summed E-state index contributed by atoms with van der Waals surface area (Å²) in [7, 11) is 3.44. The van der Waals surface area contributed by atoms with Crippen LogP contribution in [-0.4, -0.2) is 25.4 Å². The van der Waals surface area contributed by atoms with Crippen molar-refractivity contribution < 1.29 is 18.3 Å². The van der Waals surface area contributed by atoms with Crippen LogP contribution in [0, 0.1) is 0 Å². The van der Waals surface area contributed by atoms with Crippen LogP contribution in [0.3, 0.4) is 0 Å². The summed E-state index contributed by atoms with van der Waals surface area (Å²) < 4.78 is 36.5. The molecule has 1 atom stereocenters.